The number of furan rings is 1. The maximum Gasteiger partial charge on any atom is 0.142 e. The van der Waals surface area contributed by atoms with E-state index in [1.54, 1.807) is 12.4 Å². The number of likely N-dealkylation sites (tertiary alicyclic amines) is 1. The molecule has 1 N–H and O–H groups in total. The number of benzene rings is 2. The van der Waals surface area contributed by atoms with Gasteiger partial charge in [-0.15, -0.1) is 0 Å². The summed E-state index contributed by atoms with van der Waals surface area (Å²) < 4.78 is 12.4. The number of nitrogens with zero attached hydrogens (tertiary/aromatic N) is 3. The lowest BCUT2D eigenvalue weighted by Crippen LogP contribution is -2.25. The Balaban J connectivity index is 1.28. The molecule has 3 heterocycles. The summed E-state index contributed by atoms with van der Waals surface area (Å²) >= 11 is 0. The third-order valence-corrected chi connectivity index (χ3v) is 7.17. The highest BCUT2D eigenvalue weighted by Gasteiger charge is 2.22. The largest absolute Gasteiger partial charge is 0.492 e. The van der Waals surface area contributed by atoms with Gasteiger partial charge >= 0.3 is 0 Å². The van der Waals surface area contributed by atoms with Crippen LogP contribution in [0.3, 0.4) is 0 Å². The van der Waals surface area contributed by atoms with Gasteiger partial charge in [-0.25, -0.2) is 0 Å². The molecule has 0 atom stereocenters. The van der Waals surface area contributed by atoms with Gasteiger partial charge in [0.15, 0.2) is 0 Å². The van der Waals surface area contributed by atoms with Gasteiger partial charge in [-0.3, -0.25) is 9.88 Å². The van der Waals surface area contributed by atoms with Crippen LogP contribution in [0.25, 0.3) is 33.8 Å². The molecule has 6 heteroatoms. The van der Waals surface area contributed by atoms with Crippen molar-refractivity contribution < 1.29 is 14.4 Å². The second-order valence-electron chi connectivity index (χ2n) is 9.43. The molecule has 1 aliphatic carbocycles. The summed E-state index contributed by atoms with van der Waals surface area (Å²) in [5.41, 5.74) is 7.05. The molecule has 2 aromatic heterocycles. The molecule has 0 saturated carbocycles. The highest BCUT2D eigenvalue weighted by atomic mass is 16.5. The van der Waals surface area contributed by atoms with Gasteiger partial charge in [0.2, 0.25) is 0 Å². The summed E-state index contributed by atoms with van der Waals surface area (Å²) in [7, 11) is 0. The van der Waals surface area contributed by atoms with Gasteiger partial charge in [-0.1, -0.05) is 23.4 Å². The summed E-state index contributed by atoms with van der Waals surface area (Å²) in [5.74, 6) is 2.49. The molecule has 6 rings (SSSR count). The van der Waals surface area contributed by atoms with Gasteiger partial charge in [0.05, 0.1) is 5.71 Å². The number of fused-ring (bicyclic) bond motifs is 1. The Labute approximate surface area is 210 Å². The summed E-state index contributed by atoms with van der Waals surface area (Å²) in [6.45, 7) is 4.05. The zero-order chi connectivity index (χ0) is 24.3. The average Bonchev–Trinajstić information content (AvgIpc) is 3.69. The molecule has 4 aromatic rings. The van der Waals surface area contributed by atoms with Crippen LogP contribution in [0.4, 0.5) is 0 Å². The molecule has 0 amide bonds. The topological polar surface area (TPSA) is 71.1 Å². The van der Waals surface area contributed by atoms with E-state index in [-0.39, 0.29) is 0 Å². The Kier molecular flexibility index (Phi) is 6.26. The van der Waals surface area contributed by atoms with E-state index in [2.05, 4.69) is 45.4 Å². The molecule has 2 aromatic carbocycles. The highest BCUT2D eigenvalue weighted by molar-refractivity contribution is 6.04. The number of hydrogen-bond donors (Lipinski definition) is 1. The first kappa shape index (κ1) is 22.6. The van der Waals surface area contributed by atoms with Crippen molar-refractivity contribution >= 4 is 5.71 Å². The minimum absolute atomic E-state index is 0.706. The van der Waals surface area contributed by atoms with Crippen LogP contribution in [0.5, 0.6) is 5.75 Å². The van der Waals surface area contributed by atoms with Gasteiger partial charge in [-0.05, 0) is 92.4 Å². The minimum atomic E-state index is 0.706. The molecule has 0 radical (unpaired) electrons. The highest BCUT2D eigenvalue weighted by Crippen LogP contribution is 2.40. The first-order valence-corrected chi connectivity index (χ1v) is 12.6. The van der Waals surface area contributed by atoms with Crippen molar-refractivity contribution in [2.24, 2.45) is 5.16 Å². The molecule has 0 unspecified atom stereocenters. The SMILES string of the molecule is ON=C1CCc2cc(-c3cc(-c4ccc(OCCN5CCCC5)cc4)oc3-c3ccncc3)ccc21. The van der Waals surface area contributed by atoms with Crippen LogP contribution >= 0.6 is 0 Å². The number of aromatic nitrogens is 1. The first-order chi connectivity index (χ1) is 17.8. The van der Waals surface area contributed by atoms with Crippen molar-refractivity contribution in [1.82, 2.24) is 9.88 Å². The lowest BCUT2D eigenvalue weighted by Gasteiger charge is -2.14. The van der Waals surface area contributed by atoms with E-state index in [1.165, 1.54) is 31.5 Å². The molecular formula is C30H29N3O3. The van der Waals surface area contributed by atoms with E-state index in [1.807, 2.05) is 30.3 Å². The minimum Gasteiger partial charge on any atom is -0.492 e. The standard InChI is InChI=1S/C30H29N3O3/c34-32-28-10-6-23-19-24(5-9-26(23)28)27-20-29(36-30(27)22-11-13-31-14-12-22)21-3-7-25(8-4-21)35-18-17-33-15-1-2-16-33/h3-5,7-9,11-14,19-20,34H,1-2,6,10,15-18H2. The van der Waals surface area contributed by atoms with Crippen LogP contribution in [0.1, 0.15) is 30.4 Å². The smallest absolute Gasteiger partial charge is 0.142 e. The van der Waals surface area contributed by atoms with Gasteiger partial charge in [-0.2, -0.15) is 0 Å². The molecule has 0 bridgehead atoms. The van der Waals surface area contributed by atoms with E-state index < -0.39 is 0 Å². The predicted octanol–water partition coefficient (Wildman–Crippen LogP) is 6.27. The third-order valence-electron chi connectivity index (χ3n) is 7.17. The van der Waals surface area contributed by atoms with Crippen molar-refractivity contribution in [2.45, 2.75) is 25.7 Å². The Morgan fingerprint density at radius 2 is 1.64 bits per heavy atom. The fraction of sp³-hybridized carbons (Fsp3) is 0.267. The van der Waals surface area contributed by atoms with Crippen molar-refractivity contribution in [3.8, 4) is 39.5 Å². The number of hydrogen-bond acceptors (Lipinski definition) is 6. The normalized spacial score (nSPS) is 16.5. The number of pyridine rings is 1. The zero-order valence-corrected chi connectivity index (χ0v) is 20.2. The number of oxime groups is 1. The summed E-state index contributed by atoms with van der Waals surface area (Å²) in [6, 6.07) is 20.5. The number of aryl methyl sites for hydroxylation is 1. The van der Waals surface area contributed by atoms with Crippen LogP contribution in [0.15, 0.2) is 82.6 Å². The number of ether oxygens (including phenoxy) is 1. The predicted molar refractivity (Wildman–Crippen MR) is 141 cm³/mol. The Morgan fingerprint density at radius 1 is 0.861 bits per heavy atom. The molecule has 36 heavy (non-hydrogen) atoms. The van der Waals surface area contributed by atoms with E-state index in [9.17, 15) is 5.21 Å². The Morgan fingerprint density at radius 3 is 2.42 bits per heavy atom. The van der Waals surface area contributed by atoms with Crippen molar-refractivity contribution in [3.05, 3.63) is 84.2 Å². The van der Waals surface area contributed by atoms with Crippen molar-refractivity contribution in [3.63, 3.8) is 0 Å². The zero-order valence-electron chi connectivity index (χ0n) is 20.2. The maximum absolute atomic E-state index is 9.29. The average molecular weight is 480 g/mol. The Hall–Kier alpha value is -3.90. The third kappa shape index (κ3) is 4.52. The second-order valence-corrected chi connectivity index (χ2v) is 9.43. The molecular weight excluding hydrogens is 450 g/mol. The van der Waals surface area contributed by atoms with Crippen LogP contribution in [-0.4, -0.2) is 47.0 Å². The fourth-order valence-electron chi connectivity index (χ4n) is 5.22. The van der Waals surface area contributed by atoms with Crippen molar-refractivity contribution in [2.75, 3.05) is 26.2 Å². The first-order valence-electron chi connectivity index (χ1n) is 12.6. The van der Waals surface area contributed by atoms with Crippen LogP contribution < -0.4 is 4.74 Å². The molecule has 1 saturated heterocycles. The quantitative estimate of drug-likeness (QED) is 0.250. The molecule has 0 spiro atoms. The lowest BCUT2D eigenvalue weighted by atomic mass is 9.98. The molecule has 1 aliphatic heterocycles. The molecule has 182 valence electrons. The van der Waals surface area contributed by atoms with Crippen molar-refractivity contribution in [1.29, 1.82) is 0 Å². The van der Waals surface area contributed by atoms with E-state index in [4.69, 9.17) is 9.15 Å². The Bertz CT molecular complexity index is 1370. The van der Waals surface area contributed by atoms with E-state index >= 15 is 0 Å². The number of rotatable bonds is 7. The van der Waals surface area contributed by atoms with Gasteiger partial charge < -0.3 is 14.4 Å². The summed E-state index contributed by atoms with van der Waals surface area (Å²) in [4.78, 5) is 6.62. The van der Waals surface area contributed by atoms with Gasteiger partial charge in [0.1, 0.15) is 23.9 Å². The van der Waals surface area contributed by atoms with Gasteiger partial charge in [0, 0.05) is 41.2 Å². The van der Waals surface area contributed by atoms with E-state index in [0.29, 0.717) is 6.61 Å². The second kappa shape index (κ2) is 9.99. The monoisotopic (exact) mass is 479 g/mol. The lowest BCUT2D eigenvalue weighted by molar-refractivity contribution is 0.238. The molecule has 1 fully saturated rings. The van der Waals surface area contributed by atoms with E-state index in [0.717, 1.165) is 70.2 Å². The fourth-order valence-corrected chi connectivity index (χ4v) is 5.22. The van der Waals surface area contributed by atoms with Crippen LogP contribution in [0.2, 0.25) is 0 Å². The van der Waals surface area contributed by atoms with Crippen LogP contribution in [-0.2, 0) is 6.42 Å². The maximum atomic E-state index is 9.29. The molecule has 2 aliphatic rings. The summed E-state index contributed by atoms with van der Waals surface area (Å²) in [6.07, 6.45) is 7.78. The van der Waals surface area contributed by atoms with Gasteiger partial charge in [0.25, 0.3) is 0 Å². The summed E-state index contributed by atoms with van der Waals surface area (Å²) in [5, 5.41) is 12.8. The molecule has 6 nitrogen and oxygen atoms in total. The van der Waals surface area contributed by atoms with Crippen LogP contribution in [0, 0.1) is 0 Å².